The summed E-state index contributed by atoms with van der Waals surface area (Å²) in [6.07, 6.45) is 1.66. The van der Waals surface area contributed by atoms with Gasteiger partial charge in [-0.15, -0.1) is 5.10 Å². The Morgan fingerprint density at radius 3 is 2.48 bits per heavy atom. The van der Waals surface area contributed by atoms with Crippen molar-refractivity contribution in [1.29, 1.82) is 0 Å². The van der Waals surface area contributed by atoms with Crippen LogP contribution in [0.4, 0.5) is 5.69 Å². The fraction of sp³-hybridized carbons (Fsp3) is 0.294. The van der Waals surface area contributed by atoms with Gasteiger partial charge in [0.15, 0.2) is 5.69 Å². The topological polar surface area (TPSA) is 111 Å². The maximum absolute atomic E-state index is 12.5. The van der Waals surface area contributed by atoms with Gasteiger partial charge in [-0.05, 0) is 35.0 Å². The summed E-state index contributed by atoms with van der Waals surface area (Å²) < 4.78 is 3.11. The van der Waals surface area contributed by atoms with Crippen LogP contribution in [-0.2, 0) is 18.3 Å². The number of aromatic nitrogens is 6. The van der Waals surface area contributed by atoms with Gasteiger partial charge in [0, 0.05) is 21.1 Å². The van der Waals surface area contributed by atoms with E-state index in [0.29, 0.717) is 11.4 Å². The van der Waals surface area contributed by atoms with Gasteiger partial charge in [-0.1, -0.05) is 12.1 Å². The number of carbonyl (C=O) groups is 2. The molecule has 0 spiro atoms. The second-order valence-corrected chi connectivity index (χ2v) is 6.28. The highest BCUT2D eigenvalue weighted by atomic mass is 16.2. The maximum Gasteiger partial charge on any atom is 0.276 e. The third kappa shape index (κ3) is 3.84. The molecular weight excluding hydrogens is 348 g/mol. The van der Waals surface area contributed by atoms with E-state index in [1.165, 1.54) is 15.9 Å². The van der Waals surface area contributed by atoms with E-state index in [9.17, 15) is 9.59 Å². The highest BCUT2D eigenvalue weighted by Gasteiger charge is 2.22. The van der Waals surface area contributed by atoms with Crippen LogP contribution < -0.4 is 5.32 Å². The molecule has 3 aromatic rings. The van der Waals surface area contributed by atoms with E-state index in [0.717, 1.165) is 11.3 Å². The van der Waals surface area contributed by atoms with Gasteiger partial charge in [0.05, 0.1) is 23.5 Å². The molecule has 2 aromatic heterocycles. The first kappa shape index (κ1) is 18.2. The smallest absolute Gasteiger partial charge is 0.276 e. The molecule has 10 heteroatoms. The first-order valence-electron chi connectivity index (χ1n) is 8.24. The molecule has 0 unspecified atom stereocenters. The summed E-state index contributed by atoms with van der Waals surface area (Å²) in [7, 11) is 5.02. The molecule has 1 N–H and O–H groups in total. The van der Waals surface area contributed by atoms with Crippen molar-refractivity contribution in [3.8, 4) is 5.69 Å². The predicted molar refractivity (Wildman–Crippen MR) is 97.5 cm³/mol. The van der Waals surface area contributed by atoms with Gasteiger partial charge >= 0.3 is 0 Å². The minimum atomic E-state index is -0.264. The van der Waals surface area contributed by atoms with E-state index in [4.69, 9.17) is 0 Å². The van der Waals surface area contributed by atoms with E-state index < -0.39 is 0 Å². The van der Waals surface area contributed by atoms with Gasteiger partial charge in [0.1, 0.15) is 6.33 Å². The van der Waals surface area contributed by atoms with Crippen LogP contribution in [0.25, 0.3) is 5.69 Å². The Labute approximate surface area is 155 Å². The van der Waals surface area contributed by atoms with Crippen LogP contribution in [0.3, 0.4) is 0 Å². The van der Waals surface area contributed by atoms with Crippen LogP contribution in [-0.4, -0.2) is 60.8 Å². The Kier molecular flexibility index (Phi) is 4.97. The first-order valence-corrected chi connectivity index (χ1v) is 8.24. The fourth-order valence-electron chi connectivity index (χ4n) is 2.53. The molecule has 0 atom stereocenters. The van der Waals surface area contributed by atoms with E-state index in [1.807, 2.05) is 24.3 Å². The number of hydrogen-bond donors (Lipinski definition) is 1. The van der Waals surface area contributed by atoms with Crippen LogP contribution in [0.1, 0.15) is 21.7 Å². The molecule has 0 aliphatic heterocycles. The predicted octanol–water partition coefficient (Wildman–Crippen LogP) is 0.587. The highest BCUT2D eigenvalue weighted by Crippen LogP contribution is 2.21. The van der Waals surface area contributed by atoms with Gasteiger partial charge in [0.2, 0.25) is 5.91 Å². The molecular formula is C17H20N8O2. The second-order valence-electron chi connectivity index (χ2n) is 6.28. The molecule has 0 fully saturated rings. The molecule has 3 rings (SSSR count). The Balaban J connectivity index is 1.74. The van der Waals surface area contributed by atoms with Crippen LogP contribution in [0.2, 0.25) is 0 Å². The fourth-order valence-corrected chi connectivity index (χ4v) is 2.53. The number of nitrogens with zero attached hydrogens (tertiary/aromatic N) is 7. The van der Waals surface area contributed by atoms with Crippen molar-refractivity contribution in [2.45, 2.75) is 13.3 Å². The minimum Gasteiger partial charge on any atom is -0.343 e. The van der Waals surface area contributed by atoms with Gasteiger partial charge < -0.3 is 10.2 Å². The summed E-state index contributed by atoms with van der Waals surface area (Å²) in [4.78, 5) is 26.2. The van der Waals surface area contributed by atoms with Crippen molar-refractivity contribution in [3.63, 3.8) is 0 Å². The lowest BCUT2D eigenvalue weighted by Crippen LogP contribution is -2.24. The number of amides is 2. The molecule has 0 radical (unpaired) electrons. The molecule has 140 valence electrons. The minimum absolute atomic E-state index is 0.166. The van der Waals surface area contributed by atoms with Crippen LogP contribution >= 0.6 is 0 Å². The van der Waals surface area contributed by atoms with E-state index in [2.05, 4.69) is 25.9 Å². The van der Waals surface area contributed by atoms with Crippen molar-refractivity contribution in [2.75, 3.05) is 19.4 Å². The molecule has 0 bridgehead atoms. The van der Waals surface area contributed by atoms with E-state index in [-0.39, 0.29) is 23.9 Å². The maximum atomic E-state index is 12.5. The van der Waals surface area contributed by atoms with Crippen molar-refractivity contribution in [3.05, 3.63) is 47.5 Å². The number of tetrazole rings is 1. The third-order valence-electron chi connectivity index (χ3n) is 4.12. The normalized spacial score (nSPS) is 10.7. The van der Waals surface area contributed by atoms with Crippen LogP contribution in [0.15, 0.2) is 30.6 Å². The molecule has 10 nitrogen and oxygen atoms in total. The van der Waals surface area contributed by atoms with Crippen molar-refractivity contribution >= 4 is 17.5 Å². The number of carbonyl (C=O) groups excluding carboxylic acids is 2. The molecule has 27 heavy (non-hydrogen) atoms. The molecule has 2 amide bonds. The van der Waals surface area contributed by atoms with Crippen molar-refractivity contribution in [2.24, 2.45) is 7.05 Å². The zero-order valence-corrected chi connectivity index (χ0v) is 15.5. The zero-order valence-electron chi connectivity index (χ0n) is 15.5. The number of rotatable bonds is 5. The summed E-state index contributed by atoms with van der Waals surface area (Å²) in [5, 5.41) is 18.0. The lowest BCUT2D eigenvalue weighted by molar-refractivity contribution is -0.115. The summed E-state index contributed by atoms with van der Waals surface area (Å²) >= 11 is 0. The van der Waals surface area contributed by atoms with Crippen molar-refractivity contribution < 1.29 is 9.59 Å². The summed E-state index contributed by atoms with van der Waals surface area (Å²) in [6, 6.07) is 7.32. The Hall–Kier alpha value is -3.56. The number of anilines is 1. The SMILES string of the molecule is Cc1c(NC(=O)Cc2ccc(-n3cnnn3)cc2)c(C(=O)N(C)C)nn1C. The van der Waals surface area contributed by atoms with Crippen molar-refractivity contribution in [1.82, 2.24) is 34.9 Å². The van der Waals surface area contributed by atoms with Gasteiger partial charge in [-0.25, -0.2) is 4.68 Å². The third-order valence-corrected chi connectivity index (χ3v) is 4.12. The number of aryl methyl sites for hydroxylation is 1. The Morgan fingerprint density at radius 1 is 1.19 bits per heavy atom. The van der Waals surface area contributed by atoms with E-state index in [1.54, 1.807) is 32.7 Å². The quantitative estimate of drug-likeness (QED) is 0.705. The standard InChI is InChI=1S/C17H20N8O2/c1-11-15(16(20-24(11)4)17(27)23(2)3)19-14(26)9-12-5-7-13(8-6-12)25-10-18-21-22-25/h5-8,10H,9H2,1-4H3,(H,19,26). The summed E-state index contributed by atoms with van der Waals surface area (Å²) in [6.45, 7) is 1.80. The monoisotopic (exact) mass is 368 g/mol. The molecule has 1 aromatic carbocycles. The second kappa shape index (κ2) is 7.36. The number of benzene rings is 1. The molecule has 0 saturated heterocycles. The summed E-state index contributed by atoms with van der Waals surface area (Å²) in [5.74, 6) is -0.492. The zero-order chi connectivity index (χ0) is 19.6. The average molecular weight is 368 g/mol. The molecule has 0 aliphatic carbocycles. The lowest BCUT2D eigenvalue weighted by Gasteiger charge is -2.11. The van der Waals surface area contributed by atoms with Gasteiger partial charge in [-0.2, -0.15) is 5.10 Å². The Morgan fingerprint density at radius 2 is 1.89 bits per heavy atom. The average Bonchev–Trinajstić information content (AvgIpc) is 3.26. The lowest BCUT2D eigenvalue weighted by atomic mass is 10.1. The highest BCUT2D eigenvalue weighted by molar-refractivity contribution is 6.03. The van der Waals surface area contributed by atoms with Gasteiger partial charge in [-0.3, -0.25) is 14.3 Å². The van der Waals surface area contributed by atoms with Crippen LogP contribution in [0, 0.1) is 6.92 Å². The Bertz CT molecular complexity index is 958. The first-order chi connectivity index (χ1) is 12.9. The van der Waals surface area contributed by atoms with Gasteiger partial charge in [0.25, 0.3) is 5.91 Å². The largest absolute Gasteiger partial charge is 0.343 e. The molecule has 0 saturated carbocycles. The van der Waals surface area contributed by atoms with E-state index >= 15 is 0 Å². The molecule has 0 aliphatic rings. The molecule has 2 heterocycles. The number of hydrogen-bond acceptors (Lipinski definition) is 6. The summed E-state index contributed by atoms with van der Waals surface area (Å²) in [5.41, 5.74) is 2.99. The number of nitrogens with one attached hydrogen (secondary N) is 1. The van der Waals surface area contributed by atoms with Crippen LogP contribution in [0.5, 0.6) is 0 Å².